The zero-order valence-corrected chi connectivity index (χ0v) is 8.79. The van der Waals surface area contributed by atoms with Crippen LogP contribution in [-0.4, -0.2) is 40.5 Å². The summed E-state index contributed by atoms with van der Waals surface area (Å²) in [6.45, 7) is -0.527. The number of carboxylic acids is 1. The second kappa shape index (κ2) is 5.76. The molecule has 6 nitrogen and oxygen atoms in total. The number of carbonyl (C=O) groups is 3. The van der Waals surface area contributed by atoms with E-state index < -0.39 is 30.3 Å². The number of carbonyl (C=O) groups excluding carboxylic acids is 2. The Balaban J connectivity index is 2.50. The standard InChI is InChI=1S/C11H11NO5/c13-8(9(14)11(16)17)6-12-10(15)7-4-2-1-3-5-7/h1-5,9,14H,6H2,(H,12,15)(H,16,17). The van der Waals surface area contributed by atoms with Crippen molar-refractivity contribution in [2.75, 3.05) is 6.54 Å². The Bertz CT molecular complexity index is 429. The Morgan fingerprint density at radius 2 is 1.76 bits per heavy atom. The molecular formula is C11H11NO5. The largest absolute Gasteiger partial charge is 0.479 e. The predicted molar refractivity (Wildman–Crippen MR) is 57.4 cm³/mol. The van der Waals surface area contributed by atoms with Crippen molar-refractivity contribution in [1.82, 2.24) is 5.32 Å². The van der Waals surface area contributed by atoms with Crippen molar-refractivity contribution in [2.45, 2.75) is 6.10 Å². The number of benzene rings is 1. The van der Waals surface area contributed by atoms with Gasteiger partial charge in [0.05, 0.1) is 6.54 Å². The zero-order chi connectivity index (χ0) is 12.8. The molecular weight excluding hydrogens is 226 g/mol. The fraction of sp³-hybridized carbons (Fsp3) is 0.182. The molecule has 3 N–H and O–H groups in total. The van der Waals surface area contributed by atoms with Crippen molar-refractivity contribution in [3.8, 4) is 0 Å². The summed E-state index contributed by atoms with van der Waals surface area (Å²) in [5.74, 6) is -3.11. The normalized spacial score (nSPS) is 11.6. The van der Waals surface area contributed by atoms with Crippen molar-refractivity contribution >= 4 is 17.7 Å². The lowest BCUT2D eigenvalue weighted by Crippen LogP contribution is -2.39. The first kappa shape index (κ1) is 12.9. The minimum atomic E-state index is -2.11. The number of aliphatic hydroxyl groups excluding tert-OH is 1. The molecule has 0 spiro atoms. The number of hydrogen-bond acceptors (Lipinski definition) is 4. The van der Waals surface area contributed by atoms with Crippen LogP contribution in [0, 0.1) is 0 Å². The summed E-state index contributed by atoms with van der Waals surface area (Å²) in [7, 11) is 0. The molecule has 0 heterocycles. The third kappa shape index (κ3) is 3.69. The van der Waals surface area contributed by atoms with Crippen LogP contribution in [0.25, 0.3) is 0 Å². The number of aliphatic carboxylic acids is 1. The summed E-state index contributed by atoms with van der Waals surface area (Å²) in [5.41, 5.74) is 0.352. The topological polar surface area (TPSA) is 104 Å². The highest BCUT2D eigenvalue weighted by Gasteiger charge is 2.22. The summed E-state index contributed by atoms with van der Waals surface area (Å²) in [6, 6.07) is 8.14. The molecule has 0 saturated heterocycles. The van der Waals surface area contributed by atoms with E-state index in [0.29, 0.717) is 5.56 Å². The summed E-state index contributed by atoms with van der Waals surface area (Å²) >= 11 is 0. The molecule has 1 aromatic rings. The highest BCUT2D eigenvalue weighted by Crippen LogP contribution is 1.97. The third-order valence-electron chi connectivity index (χ3n) is 2.00. The van der Waals surface area contributed by atoms with Gasteiger partial charge in [-0.05, 0) is 12.1 Å². The van der Waals surface area contributed by atoms with Crippen LogP contribution < -0.4 is 5.32 Å². The smallest absolute Gasteiger partial charge is 0.340 e. The van der Waals surface area contributed by atoms with Crippen LogP contribution in [0.1, 0.15) is 10.4 Å². The fourth-order valence-corrected chi connectivity index (χ4v) is 1.09. The van der Waals surface area contributed by atoms with Crippen molar-refractivity contribution in [3.05, 3.63) is 35.9 Å². The number of amides is 1. The quantitative estimate of drug-likeness (QED) is 0.595. The SMILES string of the molecule is O=C(NCC(=O)C(O)C(=O)O)c1ccccc1. The zero-order valence-electron chi connectivity index (χ0n) is 8.79. The van der Waals surface area contributed by atoms with Gasteiger partial charge in [0, 0.05) is 5.56 Å². The van der Waals surface area contributed by atoms with Gasteiger partial charge in [-0.25, -0.2) is 4.79 Å². The predicted octanol–water partition coefficient (Wildman–Crippen LogP) is -0.569. The van der Waals surface area contributed by atoms with Gasteiger partial charge in [-0.15, -0.1) is 0 Å². The van der Waals surface area contributed by atoms with Crippen LogP contribution in [0.5, 0.6) is 0 Å². The fourth-order valence-electron chi connectivity index (χ4n) is 1.09. The molecule has 0 saturated carbocycles. The lowest BCUT2D eigenvalue weighted by Gasteiger charge is -2.06. The van der Waals surface area contributed by atoms with Crippen LogP contribution in [-0.2, 0) is 9.59 Å². The number of rotatable bonds is 5. The van der Waals surface area contributed by atoms with Gasteiger partial charge in [0.2, 0.25) is 6.10 Å². The van der Waals surface area contributed by atoms with Crippen molar-refractivity contribution in [1.29, 1.82) is 0 Å². The molecule has 0 aliphatic heterocycles. The van der Waals surface area contributed by atoms with Gasteiger partial charge in [0.1, 0.15) is 0 Å². The number of nitrogens with one attached hydrogen (secondary N) is 1. The first-order valence-corrected chi connectivity index (χ1v) is 4.79. The second-order valence-corrected chi connectivity index (χ2v) is 3.26. The molecule has 1 aromatic carbocycles. The van der Waals surface area contributed by atoms with Gasteiger partial charge in [-0.3, -0.25) is 9.59 Å². The Hall–Kier alpha value is -2.21. The monoisotopic (exact) mass is 237 g/mol. The van der Waals surface area contributed by atoms with E-state index in [1.165, 1.54) is 0 Å². The van der Waals surface area contributed by atoms with Crippen molar-refractivity contribution in [2.24, 2.45) is 0 Å². The molecule has 1 rings (SSSR count). The maximum absolute atomic E-state index is 11.4. The molecule has 0 aromatic heterocycles. The number of hydrogen-bond donors (Lipinski definition) is 3. The number of ketones is 1. The van der Waals surface area contributed by atoms with Gasteiger partial charge < -0.3 is 15.5 Å². The lowest BCUT2D eigenvalue weighted by atomic mass is 10.2. The first-order chi connectivity index (χ1) is 8.02. The van der Waals surface area contributed by atoms with Crippen LogP contribution >= 0.6 is 0 Å². The number of Topliss-reactive ketones (excluding diaryl/α,β-unsaturated/α-hetero) is 1. The summed E-state index contributed by atoms with van der Waals surface area (Å²) in [5, 5.41) is 19.5. The van der Waals surface area contributed by atoms with Gasteiger partial charge in [0.15, 0.2) is 5.78 Å². The summed E-state index contributed by atoms with van der Waals surface area (Å²) < 4.78 is 0. The summed E-state index contributed by atoms with van der Waals surface area (Å²) in [6.07, 6.45) is -2.11. The molecule has 0 bridgehead atoms. The van der Waals surface area contributed by atoms with Crippen molar-refractivity contribution in [3.63, 3.8) is 0 Å². The molecule has 0 aliphatic rings. The molecule has 1 unspecified atom stereocenters. The van der Waals surface area contributed by atoms with Crippen LogP contribution in [0.2, 0.25) is 0 Å². The molecule has 0 fully saturated rings. The minimum absolute atomic E-state index is 0.352. The Kier molecular flexibility index (Phi) is 4.36. The van der Waals surface area contributed by atoms with Crippen LogP contribution in [0.4, 0.5) is 0 Å². The average molecular weight is 237 g/mol. The Labute approximate surface area is 96.9 Å². The number of carboxylic acid groups (broad SMARTS) is 1. The third-order valence-corrected chi connectivity index (χ3v) is 2.00. The molecule has 90 valence electrons. The van der Waals surface area contributed by atoms with E-state index in [1.54, 1.807) is 30.3 Å². The molecule has 1 amide bonds. The van der Waals surface area contributed by atoms with E-state index in [2.05, 4.69) is 5.32 Å². The molecule has 0 radical (unpaired) electrons. The molecule has 1 atom stereocenters. The molecule has 0 aliphatic carbocycles. The highest BCUT2D eigenvalue weighted by molar-refractivity contribution is 6.04. The van der Waals surface area contributed by atoms with Gasteiger partial charge in [-0.2, -0.15) is 0 Å². The molecule has 6 heteroatoms. The second-order valence-electron chi connectivity index (χ2n) is 3.26. The van der Waals surface area contributed by atoms with Gasteiger partial charge >= 0.3 is 5.97 Å². The minimum Gasteiger partial charge on any atom is -0.479 e. The highest BCUT2D eigenvalue weighted by atomic mass is 16.4. The first-order valence-electron chi connectivity index (χ1n) is 4.79. The van der Waals surface area contributed by atoms with E-state index in [-0.39, 0.29) is 0 Å². The van der Waals surface area contributed by atoms with Crippen LogP contribution in [0.15, 0.2) is 30.3 Å². The van der Waals surface area contributed by atoms with E-state index in [0.717, 1.165) is 0 Å². The van der Waals surface area contributed by atoms with E-state index >= 15 is 0 Å². The Morgan fingerprint density at radius 1 is 1.18 bits per heavy atom. The van der Waals surface area contributed by atoms with Gasteiger partial charge in [-0.1, -0.05) is 18.2 Å². The molecule has 17 heavy (non-hydrogen) atoms. The average Bonchev–Trinajstić information content (AvgIpc) is 2.35. The van der Waals surface area contributed by atoms with E-state index in [1.807, 2.05) is 0 Å². The Morgan fingerprint density at radius 3 is 2.29 bits per heavy atom. The number of aliphatic hydroxyl groups is 1. The van der Waals surface area contributed by atoms with Gasteiger partial charge in [0.25, 0.3) is 5.91 Å². The maximum atomic E-state index is 11.4. The summed E-state index contributed by atoms with van der Waals surface area (Å²) in [4.78, 5) is 32.8. The van der Waals surface area contributed by atoms with Crippen molar-refractivity contribution < 1.29 is 24.6 Å². The lowest BCUT2D eigenvalue weighted by molar-refractivity contribution is -0.151. The van der Waals surface area contributed by atoms with E-state index in [4.69, 9.17) is 10.2 Å². The van der Waals surface area contributed by atoms with Crippen LogP contribution in [0.3, 0.4) is 0 Å². The maximum Gasteiger partial charge on any atom is 0.340 e. The van der Waals surface area contributed by atoms with E-state index in [9.17, 15) is 14.4 Å².